The lowest BCUT2D eigenvalue weighted by molar-refractivity contribution is -0.384. The summed E-state index contributed by atoms with van der Waals surface area (Å²) in [6, 6.07) is 19.5. The lowest BCUT2D eigenvalue weighted by Crippen LogP contribution is -2.08. The summed E-state index contributed by atoms with van der Waals surface area (Å²) in [5.74, 6) is -0.232. The van der Waals surface area contributed by atoms with E-state index in [2.05, 4.69) is 10.3 Å². The third-order valence-electron chi connectivity index (χ3n) is 4.44. The van der Waals surface area contributed by atoms with Crippen LogP contribution in [-0.2, 0) is 4.79 Å². The van der Waals surface area contributed by atoms with E-state index in [1.165, 1.54) is 18.2 Å². The Hall–Kier alpha value is -4.59. The molecule has 0 saturated heterocycles. The van der Waals surface area contributed by atoms with Crippen molar-refractivity contribution in [3.8, 4) is 11.5 Å². The van der Waals surface area contributed by atoms with Crippen LogP contribution in [0.25, 0.3) is 28.4 Å². The van der Waals surface area contributed by atoms with Crippen LogP contribution in [0.5, 0.6) is 0 Å². The van der Waals surface area contributed by atoms with Gasteiger partial charge in [-0.1, -0.05) is 18.2 Å². The van der Waals surface area contributed by atoms with Gasteiger partial charge in [0.15, 0.2) is 0 Å². The highest BCUT2D eigenvalue weighted by Gasteiger charge is 2.09. The number of benzene rings is 3. The third kappa shape index (κ3) is 4.54. The van der Waals surface area contributed by atoms with E-state index in [1.54, 1.807) is 66.7 Å². The minimum absolute atomic E-state index is 0.0210. The molecule has 0 saturated carbocycles. The maximum absolute atomic E-state index is 12.2. The van der Waals surface area contributed by atoms with Gasteiger partial charge in [-0.25, -0.2) is 9.78 Å². The summed E-state index contributed by atoms with van der Waals surface area (Å²) in [7, 11) is 0. The van der Waals surface area contributed by atoms with Crippen molar-refractivity contribution in [1.29, 1.82) is 0 Å². The van der Waals surface area contributed by atoms with Crippen LogP contribution in [0.2, 0.25) is 0 Å². The Morgan fingerprint density at radius 1 is 1.03 bits per heavy atom. The van der Waals surface area contributed by atoms with Crippen molar-refractivity contribution >= 4 is 34.3 Å². The Kier molecular flexibility index (Phi) is 5.35. The molecule has 0 aliphatic rings. The van der Waals surface area contributed by atoms with Crippen LogP contribution in [0.15, 0.2) is 88.1 Å². The van der Waals surface area contributed by atoms with E-state index in [0.717, 1.165) is 0 Å². The van der Waals surface area contributed by atoms with Crippen molar-refractivity contribution in [1.82, 2.24) is 4.98 Å². The van der Waals surface area contributed by atoms with Crippen LogP contribution in [0.4, 0.5) is 11.4 Å². The van der Waals surface area contributed by atoms with Crippen molar-refractivity contribution in [3.05, 3.63) is 105 Å². The molecule has 1 N–H and O–H groups in total. The second-order valence-electron chi connectivity index (χ2n) is 6.58. The van der Waals surface area contributed by atoms with E-state index in [4.69, 9.17) is 4.42 Å². The number of aromatic nitrogens is 1. The topological polar surface area (TPSA) is 115 Å². The number of nitro groups is 1. The Balaban J connectivity index is 1.51. The van der Waals surface area contributed by atoms with Gasteiger partial charge in [0.1, 0.15) is 0 Å². The van der Waals surface area contributed by atoms with E-state index >= 15 is 0 Å². The standard InChI is InChI=1S/C23H15N3O5/c27-21(13-10-15-8-11-18(12-9-15)26(29)30)24-17-5-3-4-16(14-17)22-25-20-7-2-1-6-19(20)23(28)31-22/h1-14H,(H,24,27)/b13-10+. The summed E-state index contributed by atoms with van der Waals surface area (Å²) in [4.78, 5) is 39.0. The molecule has 0 radical (unpaired) electrons. The number of fused-ring (bicyclic) bond motifs is 1. The number of carbonyl (C=O) groups excluding carboxylic acids is 1. The lowest BCUT2D eigenvalue weighted by atomic mass is 10.1. The highest BCUT2D eigenvalue weighted by atomic mass is 16.6. The summed E-state index contributed by atoms with van der Waals surface area (Å²) < 4.78 is 5.33. The molecule has 1 aromatic heterocycles. The SMILES string of the molecule is O=C(/C=C/c1ccc([N+](=O)[O-])cc1)Nc1cccc(-c2nc3ccccc3c(=O)o2)c1. The molecule has 0 unspecified atom stereocenters. The molecule has 4 aromatic rings. The summed E-state index contributed by atoms with van der Waals surface area (Å²) >= 11 is 0. The summed E-state index contributed by atoms with van der Waals surface area (Å²) in [6.07, 6.45) is 2.87. The van der Waals surface area contributed by atoms with Crippen molar-refractivity contribution in [3.63, 3.8) is 0 Å². The molecule has 0 bridgehead atoms. The maximum Gasteiger partial charge on any atom is 0.347 e. The zero-order valence-electron chi connectivity index (χ0n) is 16.0. The van der Waals surface area contributed by atoms with E-state index in [-0.39, 0.29) is 17.5 Å². The van der Waals surface area contributed by atoms with Gasteiger partial charge in [-0.2, -0.15) is 0 Å². The molecule has 8 nitrogen and oxygen atoms in total. The van der Waals surface area contributed by atoms with Gasteiger partial charge in [0, 0.05) is 29.5 Å². The number of para-hydroxylation sites is 1. The molecule has 0 spiro atoms. The fraction of sp³-hybridized carbons (Fsp3) is 0. The molecular weight excluding hydrogens is 398 g/mol. The molecule has 152 valence electrons. The van der Waals surface area contributed by atoms with Crippen molar-refractivity contribution < 1.29 is 14.1 Å². The zero-order chi connectivity index (χ0) is 21.8. The van der Waals surface area contributed by atoms with Crippen LogP contribution >= 0.6 is 0 Å². The summed E-state index contributed by atoms with van der Waals surface area (Å²) in [5.41, 5.74) is 1.70. The van der Waals surface area contributed by atoms with Crippen LogP contribution < -0.4 is 10.9 Å². The average molecular weight is 413 g/mol. The normalized spacial score (nSPS) is 11.0. The predicted octanol–water partition coefficient (Wildman–Crippen LogP) is 4.42. The first kappa shape index (κ1) is 19.7. The molecule has 0 aliphatic heterocycles. The maximum atomic E-state index is 12.2. The number of nitrogens with zero attached hydrogens (tertiary/aromatic N) is 2. The minimum Gasteiger partial charge on any atom is -0.403 e. The van der Waals surface area contributed by atoms with Gasteiger partial charge >= 0.3 is 5.63 Å². The first-order valence-electron chi connectivity index (χ1n) is 9.23. The van der Waals surface area contributed by atoms with Crippen LogP contribution in [0, 0.1) is 10.1 Å². The number of nitro benzene ring substituents is 1. The first-order chi connectivity index (χ1) is 15.0. The molecule has 1 heterocycles. The molecule has 8 heteroatoms. The smallest absolute Gasteiger partial charge is 0.347 e. The Labute approximate surface area is 175 Å². The lowest BCUT2D eigenvalue weighted by Gasteiger charge is -2.05. The molecule has 4 rings (SSSR count). The van der Waals surface area contributed by atoms with Crippen LogP contribution in [-0.4, -0.2) is 15.8 Å². The van der Waals surface area contributed by atoms with Gasteiger partial charge in [0.2, 0.25) is 11.8 Å². The Morgan fingerprint density at radius 3 is 2.58 bits per heavy atom. The Morgan fingerprint density at radius 2 is 1.81 bits per heavy atom. The van der Waals surface area contributed by atoms with E-state index in [0.29, 0.717) is 27.7 Å². The third-order valence-corrected chi connectivity index (χ3v) is 4.44. The van der Waals surface area contributed by atoms with E-state index in [1.807, 2.05) is 0 Å². The van der Waals surface area contributed by atoms with E-state index in [9.17, 15) is 19.7 Å². The fourth-order valence-corrected chi connectivity index (χ4v) is 2.94. The number of non-ortho nitro benzene ring substituents is 1. The van der Waals surface area contributed by atoms with E-state index < -0.39 is 10.5 Å². The van der Waals surface area contributed by atoms with Crippen molar-refractivity contribution in [2.45, 2.75) is 0 Å². The number of carbonyl (C=O) groups is 1. The second-order valence-corrected chi connectivity index (χ2v) is 6.58. The second kappa shape index (κ2) is 8.42. The molecule has 0 fully saturated rings. The van der Waals surface area contributed by atoms with Crippen LogP contribution in [0.1, 0.15) is 5.56 Å². The first-order valence-corrected chi connectivity index (χ1v) is 9.23. The molecule has 0 aliphatic carbocycles. The molecule has 31 heavy (non-hydrogen) atoms. The van der Waals surface area contributed by atoms with Crippen LogP contribution in [0.3, 0.4) is 0 Å². The van der Waals surface area contributed by atoms with Gasteiger partial charge < -0.3 is 9.73 Å². The van der Waals surface area contributed by atoms with Gasteiger partial charge in [-0.05, 0) is 54.1 Å². The van der Waals surface area contributed by atoms with Crippen molar-refractivity contribution in [2.24, 2.45) is 0 Å². The summed E-state index contributed by atoms with van der Waals surface area (Å²) in [6.45, 7) is 0. The number of nitrogens with one attached hydrogen (secondary N) is 1. The van der Waals surface area contributed by atoms with Gasteiger partial charge in [0.25, 0.3) is 5.69 Å². The average Bonchev–Trinajstić information content (AvgIpc) is 2.78. The zero-order valence-corrected chi connectivity index (χ0v) is 16.0. The highest BCUT2D eigenvalue weighted by molar-refractivity contribution is 6.02. The monoisotopic (exact) mass is 413 g/mol. The van der Waals surface area contributed by atoms with Gasteiger partial charge in [-0.15, -0.1) is 0 Å². The minimum atomic E-state index is -0.486. The Bertz CT molecular complexity index is 1370. The number of hydrogen-bond acceptors (Lipinski definition) is 6. The number of amides is 1. The largest absolute Gasteiger partial charge is 0.403 e. The fourth-order valence-electron chi connectivity index (χ4n) is 2.94. The molecule has 3 aromatic carbocycles. The van der Waals surface area contributed by atoms with Crippen molar-refractivity contribution in [2.75, 3.05) is 5.32 Å². The van der Waals surface area contributed by atoms with Gasteiger partial charge in [-0.3, -0.25) is 14.9 Å². The number of rotatable bonds is 5. The number of anilines is 1. The highest BCUT2D eigenvalue weighted by Crippen LogP contribution is 2.22. The molecular formula is C23H15N3O5. The molecule has 1 amide bonds. The summed E-state index contributed by atoms with van der Waals surface area (Å²) in [5, 5.41) is 13.8. The number of hydrogen-bond donors (Lipinski definition) is 1. The molecule has 0 atom stereocenters. The van der Waals surface area contributed by atoms with Gasteiger partial charge in [0.05, 0.1) is 15.8 Å². The predicted molar refractivity (Wildman–Crippen MR) is 116 cm³/mol. The quantitative estimate of drug-likeness (QED) is 0.294.